The van der Waals surface area contributed by atoms with E-state index < -0.39 is 5.91 Å². The fourth-order valence-corrected chi connectivity index (χ4v) is 1.37. The minimum Gasteiger partial charge on any atom is -0.482 e. The molecule has 0 unspecified atom stereocenters. The Labute approximate surface area is 102 Å². The second-order valence-corrected chi connectivity index (χ2v) is 3.64. The van der Waals surface area contributed by atoms with Crippen LogP contribution in [0.25, 0.3) is 0 Å². The van der Waals surface area contributed by atoms with E-state index in [0.717, 1.165) is 0 Å². The van der Waals surface area contributed by atoms with Crippen molar-refractivity contribution in [3.05, 3.63) is 28.2 Å². The molecule has 7 heteroatoms. The van der Waals surface area contributed by atoms with Crippen LogP contribution in [0.15, 0.2) is 23.2 Å². The Morgan fingerprint density at radius 2 is 2.06 bits per heavy atom. The number of ether oxygens (including phenoxy) is 1. The molecule has 0 aliphatic heterocycles. The Kier molecular flexibility index (Phi) is 4.39. The molecule has 0 aromatic heterocycles. The first kappa shape index (κ1) is 12.6. The average molecular weight is 262 g/mol. The molecule has 0 fully saturated rings. The topological polar surface area (TPSA) is 90.7 Å². The van der Waals surface area contributed by atoms with Gasteiger partial charge < -0.3 is 16.2 Å². The Morgan fingerprint density at radius 1 is 1.38 bits per heavy atom. The number of amides is 1. The molecule has 0 saturated heterocycles. The van der Waals surface area contributed by atoms with Gasteiger partial charge in [0.15, 0.2) is 12.6 Å². The van der Waals surface area contributed by atoms with Crippen LogP contribution < -0.4 is 16.2 Å². The van der Waals surface area contributed by atoms with Crippen LogP contribution in [0.4, 0.5) is 0 Å². The van der Waals surface area contributed by atoms with Crippen molar-refractivity contribution in [3.8, 4) is 5.75 Å². The predicted molar refractivity (Wildman–Crippen MR) is 62.8 cm³/mol. The summed E-state index contributed by atoms with van der Waals surface area (Å²) in [6.45, 7) is -0.292. The quantitative estimate of drug-likeness (QED) is 0.632. The number of nitrogens with zero attached hydrogens (tertiary/aromatic N) is 1. The number of guanidine groups is 1. The van der Waals surface area contributed by atoms with Gasteiger partial charge in [-0.3, -0.25) is 4.79 Å². The monoisotopic (exact) mass is 261 g/mol. The summed E-state index contributed by atoms with van der Waals surface area (Å²) in [6, 6.07) is 4.64. The minimum atomic E-state index is -0.592. The summed E-state index contributed by atoms with van der Waals surface area (Å²) in [5, 5.41) is 0.790. The van der Waals surface area contributed by atoms with E-state index >= 15 is 0 Å². The smallest absolute Gasteiger partial charge is 0.286 e. The van der Waals surface area contributed by atoms with Crippen molar-refractivity contribution in [3.63, 3.8) is 0 Å². The van der Waals surface area contributed by atoms with Gasteiger partial charge >= 0.3 is 0 Å². The molecule has 0 aliphatic carbocycles. The van der Waals surface area contributed by atoms with E-state index in [1.54, 1.807) is 12.1 Å². The summed E-state index contributed by atoms with van der Waals surface area (Å²) in [6.07, 6.45) is 0. The van der Waals surface area contributed by atoms with Crippen molar-refractivity contribution in [2.24, 2.45) is 16.5 Å². The highest BCUT2D eigenvalue weighted by molar-refractivity contribution is 6.35. The van der Waals surface area contributed by atoms with Gasteiger partial charge in [0.1, 0.15) is 5.75 Å². The van der Waals surface area contributed by atoms with Crippen LogP contribution in [0.5, 0.6) is 5.75 Å². The highest BCUT2D eigenvalue weighted by Crippen LogP contribution is 2.27. The lowest BCUT2D eigenvalue weighted by Crippen LogP contribution is -2.25. The van der Waals surface area contributed by atoms with Crippen molar-refractivity contribution < 1.29 is 9.53 Å². The SMILES string of the molecule is NC(N)=NC(=O)COc1ccc(Cl)cc1Cl. The number of hydrogen-bond donors (Lipinski definition) is 2. The molecule has 1 aromatic carbocycles. The molecule has 0 radical (unpaired) electrons. The second kappa shape index (κ2) is 5.58. The second-order valence-electron chi connectivity index (χ2n) is 2.79. The molecule has 1 rings (SSSR count). The molecule has 0 saturated carbocycles. The first-order chi connectivity index (χ1) is 7.49. The van der Waals surface area contributed by atoms with Gasteiger partial charge in [0.25, 0.3) is 5.91 Å². The van der Waals surface area contributed by atoms with Crippen LogP contribution in [-0.4, -0.2) is 18.5 Å². The lowest BCUT2D eigenvalue weighted by atomic mass is 10.3. The number of rotatable bonds is 3. The molecular weight excluding hydrogens is 253 g/mol. The number of aliphatic imine (C=N–C) groups is 1. The zero-order valence-electron chi connectivity index (χ0n) is 8.11. The fraction of sp³-hybridized carbons (Fsp3) is 0.111. The molecule has 86 valence electrons. The molecule has 0 heterocycles. The van der Waals surface area contributed by atoms with Crippen LogP contribution >= 0.6 is 23.2 Å². The van der Waals surface area contributed by atoms with Gasteiger partial charge in [-0.25, -0.2) is 0 Å². The molecule has 5 nitrogen and oxygen atoms in total. The van der Waals surface area contributed by atoms with Gasteiger partial charge in [0.05, 0.1) is 5.02 Å². The zero-order chi connectivity index (χ0) is 12.1. The Balaban J connectivity index is 2.62. The molecule has 0 atom stereocenters. The Morgan fingerprint density at radius 3 is 2.62 bits per heavy atom. The van der Waals surface area contributed by atoms with Gasteiger partial charge in [0, 0.05) is 5.02 Å². The summed E-state index contributed by atoms with van der Waals surface area (Å²) >= 11 is 11.5. The first-order valence-corrected chi connectivity index (χ1v) is 4.95. The molecule has 0 spiro atoms. The molecule has 0 aliphatic rings. The number of hydrogen-bond acceptors (Lipinski definition) is 2. The van der Waals surface area contributed by atoms with E-state index in [9.17, 15) is 4.79 Å². The normalized spacial score (nSPS) is 9.62. The number of carbonyl (C=O) groups excluding carboxylic acids is 1. The van der Waals surface area contributed by atoms with Gasteiger partial charge in [-0.2, -0.15) is 4.99 Å². The summed E-state index contributed by atoms with van der Waals surface area (Å²) in [7, 11) is 0. The molecule has 1 amide bonds. The lowest BCUT2D eigenvalue weighted by molar-refractivity contribution is -0.119. The van der Waals surface area contributed by atoms with Crippen molar-refractivity contribution in [2.75, 3.05) is 6.61 Å². The number of benzene rings is 1. The largest absolute Gasteiger partial charge is 0.482 e. The predicted octanol–water partition coefficient (Wildman–Crippen LogP) is 1.17. The first-order valence-electron chi connectivity index (χ1n) is 4.19. The standard InChI is InChI=1S/C9H9Cl2N3O2/c10-5-1-2-7(6(11)3-5)16-4-8(15)14-9(12)13/h1-3H,4H2,(H4,12,13,14,15). The fourth-order valence-electron chi connectivity index (χ4n) is 0.908. The summed E-state index contributed by atoms with van der Waals surface area (Å²) in [5.74, 6) is -0.563. The van der Waals surface area contributed by atoms with Crippen molar-refractivity contribution >= 4 is 35.1 Å². The van der Waals surface area contributed by atoms with Crippen molar-refractivity contribution in [1.29, 1.82) is 0 Å². The third kappa shape index (κ3) is 3.96. The average Bonchev–Trinajstić information content (AvgIpc) is 2.15. The maximum atomic E-state index is 11.1. The molecule has 1 aromatic rings. The van der Waals surface area contributed by atoms with Crippen LogP contribution in [0.1, 0.15) is 0 Å². The van der Waals surface area contributed by atoms with E-state index in [1.807, 2.05) is 0 Å². The summed E-state index contributed by atoms with van der Waals surface area (Å²) in [4.78, 5) is 14.3. The third-order valence-electron chi connectivity index (χ3n) is 1.50. The van der Waals surface area contributed by atoms with Crippen molar-refractivity contribution in [1.82, 2.24) is 0 Å². The highest BCUT2D eigenvalue weighted by atomic mass is 35.5. The van der Waals surface area contributed by atoms with Crippen LogP contribution in [0, 0.1) is 0 Å². The van der Waals surface area contributed by atoms with E-state index in [1.165, 1.54) is 6.07 Å². The van der Waals surface area contributed by atoms with E-state index in [2.05, 4.69) is 4.99 Å². The third-order valence-corrected chi connectivity index (χ3v) is 2.03. The maximum absolute atomic E-state index is 11.1. The van der Waals surface area contributed by atoms with Crippen LogP contribution in [-0.2, 0) is 4.79 Å². The summed E-state index contributed by atoms with van der Waals surface area (Å²) < 4.78 is 5.10. The van der Waals surface area contributed by atoms with Crippen LogP contribution in [0.3, 0.4) is 0 Å². The molecular formula is C9H9Cl2N3O2. The lowest BCUT2D eigenvalue weighted by Gasteiger charge is -2.05. The van der Waals surface area contributed by atoms with Gasteiger partial charge in [0.2, 0.25) is 0 Å². The summed E-state index contributed by atoms with van der Waals surface area (Å²) in [5.41, 5.74) is 10.0. The van der Waals surface area contributed by atoms with E-state index in [-0.39, 0.29) is 12.6 Å². The number of nitrogens with two attached hydrogens (primary N) is 2. The molecule has 0 bridgehead atoms. The van der Waals surface area contributed by atoms with Crippen molar-refractivity contribution in [2.45, 2.75) is 0 Å². The Bertz CT molecular complexity index is 431. The number of carbonyl (C=O) groups is 1. The molecule has 4 N–H and O–H groups in total. The molecule has 16 heavy (non-hydrogen) atoms. The van der Waals surface area contributed by atoms with E-state index in [0.29, 0.717) is 15.8 Å². The van der Waals surface area contributed by atoms with E-state index in [4.69, 9.17) is 39.4 Å². The minimum absolute atomic E-state index is 0.292. The van der Waals surface area contributed by atoms with Crippen LogP contribution in [0.2, 0.25) is 10.0 Å². The van der Waals surface area contributed by atoms with Gasteiger partial charge in [-0.1, -0.05) is 23.2 Å². The maximum Gasteiger partial charge on any atom is 0.286 e. The Hall–Kier alpha value is -1.46. The zero-order valence-corrected chi connectivity index (χ0v) is 9.63. The van der Waals surface area contributed by atoms with Gasteiger partial charge in [-0.15, -0.1) is 0 Å². The highest BCUT2D eigenvalue weighted by Gasteiger charge is 2.05. The number of halogens is 2. The van der Waals surface area contributed by atoms with Gasteiger partial charge in [-0.05, 0) is 18.2 Å².